The van der Waals surface area contributed by atoms with Crippen molar-refractivity contribution in [3.8, 4) is 16.3 Å². The number of carboxylic acids is 1. The zero-order chi connectivity index (χ0) is 22.3. The summed E-state index contributed by atoms with van der Waals surface area (Å²) in [6.45, 7) is 5.33. The Hall–Kier alpha value is -2.87. The second-order valence-corrected chi connectivity index (χ2v) is 8.74. The molecule has 6 nitrogen and oxygen atoms in total. The van der Waals surface area contributed by atoms with Gasteiger partial charge in [-0.05, 0) is 44.5 Å². The van der Waals surface area contributed by atoms with Crippen LogP contribution in [0.2, 0.25) is 5.02 Å². The van der Waals surface area contributed by atoms with Crippen LogP contribution in [0.25, 0.3) is 16.2 Å². The maximum Gasteiger partial charge on any atom is 0.349 e. The predicted octanol–water partition coefficient (Wildman–Crippen LogP) is 5.92. The molecule has 0 bridgehead atoms. The highest BCUT2D eigenvalue weighted by Crippen LogP contribution is 2.43. The van der Waals surface area contributed by atoms with E-state index in [0.29, 0.717) is 21.9 Å². The lowest BCUT2D eigenvalue weighted by molar-refractivity contribution is 0.0695. The fourth-order valence-corrected chi connectivity index (χ4v) is 4.93. The molecule has 8 heteroatoms. The molecule has 0 aliphatic carbocycles. The summed E-state index contributed by atoms with van der Waals surface area (Å²) in [5.74, 6) is -0.729. The molecule has 0 aliphatic rings. The highest BCUT2D eigenvalue weighted by molar-refractivity contribution is 7.17. The molecule has 0 radical (unpaired) electrons. The molecule has 0 saturated carbocycles. The zero-order valence-corrected chi connectivity index (χ0v) is 18.7. The highest BCUT2D eigenvalue weighted by atomic mass is 35.5. The third kappa shape index (κ3) is 3.92. The van der Waals surface area contributed by atoms with Crippen LogP contribution in [0.4, 0.5) is 0 Å². The van der Waals surface area contributed by atoms with Gasteiger partial charge in [0.2, 0.25) is 0 Å². The lowest BCUT2D eigenvalue weighted by atomic mass is 10.0. The van der Waals surface area contributed by atoms with Crippen molar-refractivity contribution in [3.63, 3.8) is 0 Å². The second-order valence-electron chi connectivity index (χ2n) is 7.31. The van der Waals surface area contributed by atoms with Crippen molar-refractivity contribution >= 4 is 34.6 Å². The Morgan fingerprint density at radius 1 is 1.26 bits per heavy atom. The van der Waals surface area contributed by atoms with Crippen LogP contribution >= 0.6 is 22.9 Å². The van der Waals surface area contributed by atoms with Crippen molar-refractivity contribution in [2.24, 2.45) is 0 Å². The number of fused-ring (bicyclic) bond motifs is 1. The minimum Gasteiger partial charge on any atom is -0.484 e. The standard InChI is InChI=1S/C23H21ClN2O4S/c1-12-20(30-14(3)16-8-7-15(13(2)27)10-17(16)24)22(23(28)29)31-21(12)18-11-25-19-6-4-5-9-26(18)19/h4-11,13-14,27H,1-3H3,(H,28,29)/t13?,14-/m1/s1. The number of benzene rings is 1. The Balaban J connectivity index is 1.74. The highest BCUT2D eigenvalue weighted by Gasteiger charge is 2.26. The number of imidazole rings is 1. The maximum absolute atomic E-state index is 12.0. The van der Waals surface area contributed by atoms with Crippen molar-refractivity contribution in [2.45, 2.75) is 33.0 Å². The van der Waals surface area contributed by atoms with Crippen molar-refractivity contribution in [1.29, 1.82) is 0 Å². The minimum absolute atomic E-state index is 0.127. The Morgan fingerprint density at radius 3 is 2.71 bits per heavy atom. The van der Waals surface area contributed by atoms with Gasteiger partial charge in [0, 0.05) is 22.3 Å². The molecule has 1 unspecified atom stereocenters. The Morgan fingerprint density at radius 2 is 2.03 bits per heavy atom. The van der Waals surface area contributed by atoms with Crippen LogP contribution in [0.15, 0.2) is 48.8 Å². The molecule has 31 heavy (non-hydrogen) atoms. The Kier molecular flexibility index (Phi) is 5.75. The van der Waals surface area contributed by atoms with Gasteiger partial charge in [-0.2, -0.15) is 0 Å². The van der Waals surface area contributed by atoms with Gasteiger partial charge in [0.15, 0.2) is 4.88 Å². The largest absolute Gasteiger partial charge is 0.484 e. The molecule has 0 aliphatic heterocycles. The summed E-state index contributed by atoms with van der Waals surface area (Å²) >= 11 is 7.58. The summed E-state index contributed by atoms with van der Waals surface area (Å²) in [5, 5.41) is 20.0. The van der Waals surface area contributed by atoms with E-state index in [0.717, 1.165) is 33.1 Å². The van der Waals surface area contributed by atoms with Crippen LogP contribution in [0.3, 0.4) is 0 Å². The number of aliphatic hydroxyl groups is 1. The lowest BCUT2D eigenvalue weighted by Gasteiger charge is -2.18. The van der Waals surface area contributed by atoms with E-state index in [1.807, 2.05) is 42.6 Å². The van der Waals surface area contributed by atoms with Crippen molar-refractivity contribution in [3.05, 3.63) is 75.4 Å². The van der Waals surface area contributed by atoms with E-state index in [4.69, 9.17) is 16.3 Å². The number of pyridine rings is 1. The van der Waals surface area contributed by atoms with Crippen LogP contribution < -0.4 is 4.74 Å². The summed E-state index contributed by atoms with van der Waals surface area (Å²) in [6.07, 6.45) is 2.51. The molecule has 0 spiro atoms. The summed E-state index contributed by atoms with van der Waals surface area (Å²) in [4.78, 5) is 17.3. The minimum atomic E-state index is -1.05. The van der Waals surface area contributed by atoms with Crippen LogP contribution in [0, 0.1) is 6.92 Å². The van der Waals surface area contributed by atoms with Crippen molar-refractivity contribution in [2.75, 3.05) is 0 Å². The van der Waals surface area contributed by atoms with E-state index in [1.54, 1.807) is 31.3 Å². The number of aliphatic hydroxyl groups excluding tert-OH is 1. The first-order valence-electron chi connectivity index (χ1n) is 9.71. The third-order valence-corrected chi connectivity index (χ3v) is 6.79. The first kappa shape index (κ1) is 21.4. The molecule has 160 valence electrons. The van der Waals surface area contributed by atoms with Gasteiger partial charge < -0.3 is 14.9 Å². The summed E-state index contributed by atoms with van der Waals surface area (Å²) in [6, 6.07) is 11.0. The quantitative estimate of drug-likeness (QED) is 0.376. The molecule has 4 aromatic rings. The second kappa shape index (κ2) is 8.34. The molecule has 0 amide bonds. The molecule has 3 aromatic heterocycles. The lowest BCUT2D eigenvalue weighted by Crippen LogP contribution is -2.07. The first-order chi connectivity index (χ1) is 14.8. The van der Waals surface area contributed by atoms with Crippen molar-refractivity contribution in [1.82, 2.24) is 9.38 Å². The van der Waals surface area contributed by atoms with Gasteiger partial charge in [-0.3, -0.25) is 4.40 Å². The van der Waals surface area contributed by atoms with Crippen LogP contribution in [0.5, 0.6) is 5.75 Å². The number of aromatic carboxylic acids is 1. The number of hydrogen-bond donors (Lipinski definition) is 2. The van der Waals surface area contributed by atoms with Gasteiger partial charge in [-0.15, -0.1) is 11.3 Å². The number of carbonyl (C=O) groups is 1. The van der Waals surface area contributed by atoms with E-state index in [1.165, 1.54) is 0 Å². The van der Waals surface area contributed by atoms with E-state index in [-0.39, 0.29) is 4.88 Å². The SMILES string of the molecule is Cc1c(-c2cnc3ccccn23)sc(C(=O)O)c1O[C@H](C)c1ccc(C(C)O)cc1Cl. The number of rotatable bonds is 6. The first-order valence-corrected chi connectivity index (χ1v) is 10.9. The van der Waals surface area contributed by atoms with Crippen LogP contribution in [-0.4, -0.2) is 25.6 Å². The zero-order valence-electron chi connectivity index (χ0n) is 17.2. The molecule has 2 N–H and O–H groups in total. The normalized spacial score (nSPS) is 13.3. The van der Waals surface area contributed by atoms with Gasteiger partial charge in [-0.25, -0.2) is 9.78 Å². The topological polar surface area (TPSA) is 84.1 Å². The molecule has 0 fully saturated rings. The van der Waals surface area contributed by atoms with Crippen LogP contribution in [-0.2, 0) is 0 Å². The van der Waals surface area contributed by atoms with E-state index >= 15 is 0 Å². The monoisotopic (exact) mass is 456 g/mol. The average molecular weight is 457 g/mol. The molecular formula is C23H21ClN2O4S. The molecule has 0 saturated heterocycles. The number of nitrogens with zero attached hydrogens (tertiary/aromatic N) is 2. The van der Waals surface area contributed by atoms with E-state index in [2.05, 4.69) is 4.98 Å². The van der Waals surface area contributed by atoms with Crippen LogP contribution in [0.1, 0.15) is 52.4 Å². The smallest absolute Gasteiger partial charge is 0.349 e. The number of hydrogen-bond acceptors (Lipinski definition) is 5. The number of thiophene rings is 1. The maximum atomic E-state index is 12.0. The fourth-order valence-electron chi connectivity index (χ4n) is 3.50. The molecular weight excluding hydrogens is 436 g/mol. The van der Waals surface area contributed by atoms with E-state index in [9.17, 15) is 15.0 Å². The van der Waals surface area contributed by atoms with Gasteiger partial charge in [0.25, 0.3) is 0 Å². The molecule has 4 rings (SSSR count). The molecule has 3 heterocycles. The molecule has 2 atom stereocenters. The van der Waals surface area contributed by atoms with Gasteiger partial charge >= 0.3 is 5.97 Å². The Labute approximate surface area is 188 Å². The molecule has 1 aromatic carbocycles. The summed E-state index contributed by atoms with van der Waals surface area (Å²) < 4.78 is 8.07. The third-order valence-electron chi connectivity index (χ3n) is 5.17. The summed E-state index contributed by atoms with van der Waals surface area (Å²) in [5.41, 5.74) is 3.74. The van der Waals surface area contributed by atoms with E-state index < -0.39 is 18.2 Å². The number of halogens is 1. The fraction of sp³-hybridized carbons (Fsp3) is 0.217. The van der Waals surface area contributed by atoms with Gasteiger partial charge in [0.1, 0.15) is 17.5 Å². The average Bonchev–Trinajstić information content (AvgIpc) is 3.29. The number of carboxylic acid groups (broad SMARTS) is 1. The van der Waals surface area contributed by atoms with Gasteiger partial charge in [-0.1, -0.05) is 29.8 Å². The number of aromatic nitrogens is 2. The summed E-state index contributed by atoms with van der Waals surface area (Å²) in [7, 11) is 0. The predicted molar refractivity (Wildman–Crippen MR) is 121 cm³/mol. The number of ether oxygens (including phenoxy) is 1. The Bertz CT molecular complexity index is 1280. The van der Waals surface area contributed by atoms with Crippen molar-refractivity contribution < 1.29 is 19.7 Å². The van der Waals surface area contributed by atoms with Gasteiger partial charge in [0.05, 0.1) is 22.9 Å².